The molecule has 0 aliphatic rings. The highest BCUT2D eigenvalue weighted by Gasteiger charge is 2.35. The zero-order chi connectivity index (χ0) is 30.3. The number of methoxy groups -OCH3 is 1. The minimum absolute atomic E-state index is 0.0101. The number of sulfonamides is 1. The molecular formula is C30H35Cl2N3O5S. The van der Waals surface area contributed by atoms with Crippen molar-refractivity contribution < 1.29 is 22.7 Å². The van der Waals surface area contributed by atoms with E-state index in [2.05, 4.69) is 5.32 Å². The van der Waals surface area contributed by atoms with Crippen molar-refractivity contribution in [2.45, 2.75) is 51.6 Å². The van der Waals surface area contributed by atoms with Gasteiger partial charge in [-0.3, -0.25) is 13.9 Å². The first-order valence-corrected chi connectivity index (χ1v) is 15.4. The van der Waals surface area contributed by atoms with Gasteiger partial charge in [0.15, 0.2) is 0 Å². The van der Waals surface area contributed by atoms with Crippen molar-refractivity contribution in [2.24, 2.45) is 0 Å². The van der Waals surface area contributed by atoms with Crippen LogP contribution in [-0.4, -0.2) is 51.4 Å². The van der Waals surface area contributed by atoms with E-state index in [-0.39, 0.29) is 35.2 Å². The molecule has 8 nitrogen and oxygen atoms in total. The van der Waals surface area contributed by atoms with Crippen LogP contribution in [0.4, 0.5) is 5.69 Å². The van der Waals surface area contributed by atoms with E-state index in [1.165, 1.54) is 24.1 Å². The van der Waals surface area contributed by atoms with Gasteiger partial charge in [-0.05, 0) is 69.2 Å². The number of rotatable bonds is 12. The maximum Gasteiger partial charge on any atom is 0.264 e. The third kappa shape index (κ3) is 7.52. The lowest BCUT2D eigenvalue weighted by Gasteiger charge is -2.34. The molecule has 0 fully saturated rings. The third-order valence-corrected chi connectivity index (χ3v) is 9.10. The Morgan fingerprint density at radius 1 is 0.951 bits per heavy atom. The monoisotopic (exact) mass is 619 g/mol. The van der Waals surface area contributed by atoms with Crippen LogP contribution in [0.1, 0.15) is 37.0 Å². The van der Waals surface area contributed by atoms with E-state index in [1.807, 2.05) is 13.8 Å². The molecule has 11 heteroatoms. The first kappa shape index (κ1) is 32.2. The minimum atomic E-state index is -4.25. The van der Waals surface area contributed by atoms with E-state index in [4.69, 9.17) is 27.9 Å². The quantitative estimate of drug-likeness (QED) is 0.278. The fraction of sp³-hybridized carbons (Fsp3) is 0.333. The summed E-state index contributed by atoms with van der Waals surface area (Å²) in [4.78, 5) is 28.6. The standard InChI is InChI=1S/C30H35Cl2N3O5S/c1-6-26(30(37)33-7-2)34(18-23-24(31)9-8-10-25(23)32)29(36)19-35(27-17-21(4)13-16-28(27)40-5)41(38,39)22-14-11-20(3)12-15-22/h8-17,26H,6-7,18-19H2,1-5H3,(H,33,37)/t26-/m0/s1. The Balaban J connectivity index is 2.17. The highest BCUT2D eigenvalue weighted by molar-refractivity contribution is 7.92. The molecule has 0 bridgehead atoms. The van der Waals surface area contributed by atoms with Crippen LogP contribution in [0.3, 0.4) is 0 Å². The molecule has 3 aromatic carbocycles. The first-order chi connectivity index (χ1) is 19.4. The van der Waals surface area contributed by atoms with Crippen LogP contribution in [0.5, 0.6) is 5.75 Å². The first-order valence-electron chi connectivity index (χ1n) is 13.2. The van der Waals surface area contributed by atoms with Crippen molar-refractivity contribution in [1.82, 2.24) is 10.2 Å². The molecule has 0 heterocycles. The van der Waals surface area contributed by atoms with E-state index < -0.39 is 28.5 Å². The summed E-state index contributed by atoms with van der Waals surface area (Å²) in [5, 5.41) is 3.42. The van der Waals surface area contributed by atoms with Gasteiger partial charge in [0.2, 0.25) is 11.8 Å². The molecule has 0 spiro atoms. The molecule has 3 aromatic rings. The Bertz CT molecular complexity index is 1480. The summed E-state index contributed by atoms with van der Waals surface area (Å²) in [6.45, 7) is 6.88. The van der Waals surface area contributed by atoms with Gasteiger partial charge in [0.05, 0.1) is 17.7 Å². The number of carbonyl (C=O) groups is 2. The maximum absolute atomic E-state index is 14.2. The topological polar surface area (TPSA) is 96.0 Å². The van der Waals surface area contributed by atoms with Crippen LogP contribution < -0.4 is 14.4 Å². The molecule has 0 unspecified atom stereocenters. The predicted octanol–water partition coefficient (Wildman–Crippen LogP) is 5.76. The second-order valence-corrected chi connectivity index (χ2v) is 12.2. The van der Waals surface area contributed by atoms with Crippen LogP contribution >= 0.6 is 23.2 Å². The average Bonchev–Trinajstić information content (AvgIpc) is 2.93. The fourth-order valence-corrected chi connectivity index (χ4v) is 6.34. The molecule has 1 N–H and O–H groups in total. The van der Waals surface area contributed by atoms with Crippen LogP contribution in [0.15, 0.2) is 65.6 Å². The molecule has 1 atom stereocenters. The normalized spacial score (nSPS) is 12.0. The Labute approximate surface area is 252 Å². The number of aryl methyl sites for hydroxylation is 2. The lowest BCUT2D eigenvalue weighted by molar-refractivity contribution is -0.140. The van der Waals surface area contributed by atoms with Gasteiger partial charge in [0.25, 0.3) is 10.0 Å². The van der Waals surface area contributed by atoms with Gasteiger partial charge in [0, 0.05) is 28.7 Å². The second kappa shape index (κ2) is 14.1. The van der Waals surface area contributed by atoms with Gasteiger partial charge in [-0.15, -0.1) is 0 Å². The fourth-order valence-electron chi connectivity index (χ4n) is 4.41. The number of amides is 2. The zero-order valence-corrected chi connectivity index (χ0v) is 26.1. The van der Waals surface area contributed by atoms with E-state index in [0.717, 1.165) is 15.4 Å². The number of carbonyl (C=O) groups excluding carboxylic acids is 2. The van der Waals surface area contributed by atoms with Crippen molar-refractivity contribution in [2.75, 3.05) is 24.5 Å². The summed E-state index contributed by atoms with van der Waals surface area (Å²) >= 11 is 12.9. The number of anilines is 1. The number of halogens is 2. The number of nitrogens with one attached hydrogen (secondary N) is 1. The smallest absolute Gasteiger partial charge is 0.264 e. The number of hydrogen-bond donors (Lipinski definition) is 1. The summed E-state index contributed by atoms with van der Waals surface area (Å²) in [5.41, 5.74) is 2.30. The van der Waals surface area contributed by atoms with Crippen LogP contribution in [-0.2, 0) is 26.2 Å². The highest BCUT2D eigenvalue weighted by Crippen LogP contribution is 2.34. The molecule has 0 aromatic heterocycles. The van der Waals surface area contributed by atoms with Crippen molar-refractivity contribution >= 4 is 50.7 Å². The molecule has 41 heavy (non-hydrogen) atoms. The Kier molecular flexibility index (Phi) is 11.1. The average molecular weight is 621 g/mol. The lowest BCUT2D eigenvalue weighted by atomic mass is 10.1. The second-order valence-electron chi connectivity index (χ2n) is 9.54. The van der Waals surface area contributed by atoms with Crippen molar-refractivity contribution in [3.05, 3.63) is 87.4 Å². The summed E-state index contributed by atoms with van der Waals surface area (Å²) < 4.78 is 34.7. The Hall–Kier alpha value is -3.27. The maximum atomic E-state index is 14.2. The molecule has 0 radical (unpaired) electrons. The molecule has 220 valence electrons. The predicted molar refractivity (Wildman–Crippen MR) is 163 cm³/mol. The van der Waals surface area contributed by atoms with Gasteiger partial charge in [-0.2, -0.15) is 0 Å². The number of nitrogens with zero attached hydrogens (tertiary/aromatic N) is 2. The summed E-state index contributed by atoms with van der Waals surface area (Å²) in [6, 6.07) is 15.5. The number of hydrogen-bond acceptors (Lipinski definition) is 5. The van der Waals surface area contributed by atoms with Crippen LogP contribution in [0, 0.1) is 13.8 Å². The Morgan fingerprint density at radius 2 is 1.56 bits per heavy atom. The van der Waals surface area contributed by atoms with Crippen LogP contribution in [0.2, 0.25) is 10.0 Å². The molecule has 0 aliphatic carbocycles. The van der Waals surface area contributed by atoms with Crippen molar-refractivity contribution in [3.63, 3.8) is 0 Å². The van der Waals surface area contributed by atoms with E-state index >= 15 is 0 Å². The third-order valence-electron chi connectivity index (χ3n) is 6.62. The summed E-state index contributed by atoms with van der Waals surface area (Å²) in [5.74, 6) is -0.707. The lowest BCUT2D eigenvalue weighted by Crippen LogP contribution is -2.52. The van der Waals surface area contributed by atoms with Gasteiger partial charge in [0.1, 0.15) is 18.3 Å². The molecule has 0 aliphatic heterocycles. The number of likely N-dealkylation sites (N-methyl/N-ethyl adjacent to an activating group) is 1. The van der Waals surface area contributed by atoms with Crippen LogP contribution in [0.25, 0.3) is 0 Å². The van der Waals surface area contributed by atoms with Gasteiger partial charge in [-0.1, -0.05) is 60.0 Å². The minimum Gasteiger partial charge on any atom is -0.495 e. The summed E-state index contributed by atoms with van der Waals surface area (Å²) in [6.07, 6.45) is 0.276. The van der Waals surface area contributed by atoms with Crippen molar-refractivity contribution in [3.8, 4) is 5.75 Å². The zero-order valence-electron chi connectivity index (χ0n) is 23.8. The molecule has 2 amide bonds. The summed E-state index contributed by atoms with van der Waals surface area (Å²) in [7, 11) is -2.82. The van der Waals surface area contributed by atoms with Gasteiger partial charge < -0.3 is 15.0 Å². The highest BCUT2D eigenvalue weighted by atomic mass is 35.5. The largest absolute Gasteiger partial charge is 0.495 e. The molecule has 0 saturated carbocycles. The van der Waals surface area contributed by atoms with E-state index in [9.17, 15) is 18.0 Å². The SMILES string of the molecule is CCNC(=O)[C@H](CC)N(Cc1c(Cl)cccc1Cl)C(=O)CN(c1cc(C)ccc1OC)S(=O)(=O)c1ccc(C)cc1. The molecule has 0 saturated heterocycles. The van der Waals surface area contributed by atoms with E-state index in [0.29, 0.717) is 22.2 Å². The van der Waals surface area contributed by atoms with Gasteiger partial charge in [-0.25, -0.2) is 8.42 Å². The van der Waals surface area contributed by atoms with Gasteiger partial charge >= 0.3 is 0 Å². The Morgan fingerprint density at radius 3 is 2.12 bits per heavy atom. The number of benzene rings is 3. The van der Waals surface area contributed by atoms with E-state index in [1.54, 1.807) is 62.4 Å². The van der Waals surface area contributed by atoms with Crippen molar-refractivity contribution in [1.29, 1.82) is 0 Å². The molecule has 3 rings (SSSR count). The molecular weight excluding hydrogens is 585 g/mol. The number of ether oxygens (including phenoxy) is 1.